The molecule has 0 aliphatic carbocycles. The molecule has 2 aromatic heterocycles. The van der Waals surface area contributed by atoms with Gasteiger partial charge < -0.3 is 4.74 Å². The number of carbonyl (C=O) groups excluding carboxylic acids is 1. The quantitative estimate of drug-likeness (QED) is 0.394. The molecule has 4 heteroatoms. The van der Waals surface area contributed by atoms with Crippen LogP contribution in [-0.2, 0) is 29.0 Å². The van der Waals surface area contributed by atoms with Gasteiger partial charge in [-0.1, -0.05) is 43.7 Å². The van der Waals surface area contributed by atoms with E-state index in [2.05, 4.69) is 32.9 Å². The monoisotopic (exact) mass is 398 g/mol. The second-order valence-electron chi connectivity index (χ2n) is 6.82. The fourth-order valence-electron chi connectivity index (χ4n) is 3.21. The predicted octanol–water partition coefficient (Wildman–Crippen LogP) is 6.72. The van der Waals surface area contributed by atoms with E-state index in [1.165, 1.54) is 30.6 Å². The summed E-state index contributed by atoms with van der Waals surface area (Å²) < 4.78 is 5.44. The molecule has 0 radical (unpaired) electrons. The van der Waals surface area contributed by atoms with Crippen LogP contribution in [0.3, 0.4) is 0 Å². The lowest BCUT2D eigenvalue weighted by molar-refractivity contribution is -0.144. The molecule has 27 heavy (non-hydrogen) atoms. The third-order valence-corrected chi connectivity index (χ3v) is 6.78. The summed E-state index contributed by atoms with van der Waals surface area (Å²) in [5.74, 6) is -0.134. The van der Waals surface area contributed by atoms with Crippen molar-refractivity contribution >= 4 is 28.6 Å². The second kappa shape index (κ2) is 9.34. The number of esters is 1. The Labute approximate surface area is 169 Å². The van der Waals surface area contributed by atoms with Crippen LogP contribution in [0.1, 0.15) is 46.2 Å². The van der Waals surface area contributed by atoms with Crippen molar-refractivity contribution in [3.8, 4) is 9.75 Å². The van der Waals surface area contributed by atoms with E-state index in [4.69, 9.17) is 4.74 Å². The number of ether oxygens (including phenoxy) is 1. The zero-order valence-electron chi connectivity index (χ0n) is 16.2. The summed E-state index contributed by atoms with van der Waals surface area (Å²) in [6.07, 6.45) is 3.41. The standard InChI is InChI=1S/C23H26O2S2/c1-4-8-19-13-16(2)26-22(19)23-20(14-17(3)27-23)11-12-21(24)25-15-18-9-6-5-7-10-18/h5-7,9-10,13-14H,4,8,11-12,15H2,1-3H3. The van der Waals surface area contributed by atoms with E-state index in [1.807, 2.05) is 53.0 Å². The molecule has 0 N–H and O–H groups in total. The highest BCUT2D eigenvalue weighted by atomic mass is 32.1. The van der Waals surface area contributed by atoms with E-state index < -0.39 is 0 Å². The SMILES string of the molecule is CCCc1cc(C)sc1-c1sc(C)cc1CCC(=O)OCc1ccccc1. The van der Waals surface area contributed by atoms with Gasteiger partial charge in [0.15, 0.2) is 0 Å². The molecule has 0 unspecified atom stereocenters. The number of hydrogen-bond acceptors (Lipinski definition) is 4. The number of rotatable bonds is 8. The average Bonchev–Trinajstić information content (AvgIpc) is 3.21. The van der Waals surface area contributed by atoms with Gasteiger partial charge in [0.05, 0.1) is 0 Å². The number of thiophene rings is 2. The number of carbonyl (C=O) groups is 1. The van der Waals surface area contributed by atoms with Gasteiger partial charge in [-0.15, -0.1) is 22.7 Å². The molecule has 142 valence electrons. The van der Waals surface area contributed by atoms with Crippen LogP contribution in [0.4, 0.5) is 0 Å². The zero-order valence-corrected chi connectivity index (χ0v) is 17.8. The molecule has 0 aliphatic rings. The lowest BCUT2D eigenvalue weighted by atomic mass is 10.1. The van der Waals surface area contributed by atoms with E-state index in [-0.39, 0.29) is 5.97 Å². The molecule has 0 atom stereocenters. The molecular formula is C23H26O2S2. The summed E-state index contributed by atoms with van der Waals surface area (Å²) in [7, 11) is 0. The normalized spacial score (nSPS) is 10.9. The van der Waals surface area contributed by atoms with E-state index in [0.717, 1.165) is 24.8 Å². The Morgan fingerprint density at radius 2 is 1.52 bits per heavy atom. The third kappa shape index (κ3) is 5.30. The molecule has 0 saturated heterocycles. The minimum absolute atomic E-state index is 0.134. The molecule has 0 fully saturated rings. The van der Waals surface area contributed by atoms with E-state index >= 15 is 0 Å². The minimum atomic E-state index is -0.134. The molecule has 2 heterocycles. The van der Waals surface area contributed by atoms with Crippen LogP contribution >= 0.6 is 22.7 Å². The summed E-state index contributed by atoms with van der Waals surface area (Å²) in [4.78, 5) is 17.6. The molecule has 0 aliphatic heterocycles. The summed E-state index contributed by atoms with van der Waals surface area (Å²) in [6, 6.07) is 14.4. The largest absolute Gasteiger partial charge is 0.461 e. The highest BCUT2D eigenvalue weighted by Gasteiger charge is 2.17. The van der Waals surface area contributed by atoms with Crippen molar-refractivity contribution < 1.29 is 9.53 Å². The molecule has 0 bridgehead atoms. The maximum atomic E-state index is 12.2. The van der Waals surface area contributed by atoms with Crippen LogP contribution in [0.5, 0.6) is 0 Å². The molecular weight excluding hydrogens is 372 g/mol. The summed E-state index contributed by atoms with van der Waals surface area (Å²) in [5.41, 5.74) is 3.74. The van der Waals surface area contributed by atoms with E-state index in [0.29, 0.717) is 13.0 Å². The Hall–Kier alpha value is -1.91. The van der Waals surface area contributed by atoms with Crippen LogP contribution in [0.2, 0.25) is 0 Å². The topological polar surface area (TPSA) is 26.3 Å². The van der Waals surface area contributed by atoms with Crippen molar-refractivity contribution in [3.05, 3.63) is 68.9 Å². The van der Waals surface area contributed by atoms with Gasteiger partial charge in [0.25, 0.3) is 0 Å². The van der Waals surface area contributed by atoms with Gasteiger partial charge in [0.1, 0.15) is 6.61 Å². The Bertz CT molecular complexity index is 891. The van der Waals surface area contributed by atoms with Crippen molar-refractivity contribution in [3.63, 3.8) is 0 Å². The Morgan fingerprint density at radius 1 is 0.926 bits per heavy atom. The molecule has 3 rings (SSSR count). The fraction of sp³-hybridized carbons (Fsp3) is 0.348. The van der Waals surface area contributed by atoms with Crippen molar-refractivity contribution in [1.29, 1.82) is 0 Å². The first-order chi connectivity index (χ1) is 13.1. The number of benzene rings is 1. The van der Waals surface area contributed by atoms with Crippen molar-refractivity contribution in [1.82, 2.24) is 0 Å². The molecule has 3 aromatic rings. The first-order valence-corrected chi connectivity index (χ1v) is 11.1. The van der Waals surface area contributed by atoms with Crippen molar-refractivity contribution in [2.45, 2.75) is 53.1 Å². The maximum absolute atomic E-state index is 12.2. The van der Waals surface area contributed by atoms with Gasteiger partial charge in [-0.3, -0.25) is 4.79 Å². The second-order valence-corrected chi connectivity index (χ2v) is 9.33. The number of aryl methyl sites for hydroxylation is 4. The molecule has 0 spiro atoms. The third-order valence-electron chi connectivity index (χ3n) is 4.43. The van der Waals surface area contributed by atoms with Crippen LogP contribution in [0.25, 0.3) is 9.75 Å². The maximum Gasteiger partial charge on any atom is 0.306 e. The van der Waals surface area contributed by atoms with Gasteiger partial charge >= 0.3 is 5.97 Å². The molecule has 2 nitrogen and oxygen atoms in total. The minimum Gasteiger partial charge on any atom is -0.461 e. The zero-order chi connectivity index (χ0) is 19.2. The van der Waals surface area contributed by atoms with E-state index in [9.17, 15) is 4.79 Å². The van der Waals surface area contributed by atoms with Crippen LogP contribution in [-0.4, -0.2) is 5.97 Å². The summed E-state index contributed by atoms with van der Waals surface area (Å²) in [6.45, 7) is 6.89. The Morgan fingerprint density at radius 3 is 2.11 bits per heavy atom. The van der Waals surface area contributed by atoms with Crippen LogP contribution in [0.15, 0.2) is 42.5 Å². The highest BCUT2D eigenvalue weighted by molar-refractivity contribution is 7.22. The van der Waals surface area contributed by atoms with Crippen molar-refractivity contribution in [2.75, 3.05) is 0 Å². The Balaban J connectivity index is 1.67. The van der Waals surface area contributed by atoms with Gasteiger partial charge in [-0.25, -0.2) is 0 Å². The highest BCUT2D eigenvalue weighted by Crippen LogP contribution is 2.40. The van der Waals surface area contributed by atoms with Crippen LogP contribution < -0.4 is 0 Å². The summed E-state index contributed by atoms with van der Waals surface area (Å²) in [5, 5.41) is 0. The molecule has 1 aromatic carbocycles. The lowest BCUT2D eigenvalue weighted by Gasteiger charge is -2.07. The lowest BCUT2D eigenvalue weighted by Crippen LogP contribution is -2.06. The number of hydrogen-bond donors (Lipinski definition) is 0. The van der Waals surface area contributed by atoms with Gasteiger partial charge in [-0.05, 0) is 55.5 Å². The fourth-order valence-corrected chi connectivity index (χ4v) is 5.53. The first kappa shape index (κ1) is 19.8. The summed E-state index contributed by atoms with van der Waals surface area (Å²) >= 11 is 3.71. The smallest absolute Gasteiger partial charge is 0.306 e. The average molecular weight is 399 g/mol. The van der Waals surface area contributed by atoms with Crippen molar-refractivity contribution in [2.24, 2.45) is 0 Å². The van der Waals surface area contributed by atoms with Gasteiger partial charge in [-0.2, -0.15) is 0 Å². The molecule has 0 amide bonds. The predicted molar refractivity (Wildman–Crippen MR) is 116 cm³/mol. The van der Waals surface area contributed by atoms with Gasteiger partial charge in [0.2, 0.25) is 0 Å². The molecule has 0 saturated carbocycles. The van der Waals surface area contributed by atoms with E-state index in [1.54, 1.807) is 0 Å². The van der Waals surface area contributed by atoms with Crippen LogP contribution in [0, 0.1) is 13.8 Å². The Kier molecular flexibility index (Phi) is 6.86. The van der Waals surface area contributed by atoms with Gasteiger partial charge in [0, 0.05) is 25.9 Å². The first-order valence-electron chi connectivity index (χ1n) is 9.45.